The normalized spacial score (nSPS) is 11.1. The summed E-state index contributed by atoms with van der Waals surface area (Å²) in [5.41, 5.74) is 2.21. The number of H-pyrrole nitrogens is 1. The fraction of sp³-hybridized carbons (Fsp3) is 0.273. The Morgan fingerprint density at radius 3 is 2.38 bits per heavy atom. The van der Waals surface area contributed by atoms with Crippen LogP contribution in [0.2, 0.25) is 5.15 Å². The van der Waals surface area contributed by atoms with Gasteiger partial charge in [-0.25, -0.2) is 9.78 Å². The number of hydrogen-bond acceptors (Lipinski definition) is 4. The van der Waals surface area contributed by atoms with Gasteiger partial charge >= 0.3 is 5.69 Å². The largest absolute Gasteiger partial charge is 0.329 e. The molecular formula is C22H22ClN3O3. The zero-order chi connectivity index (χ0) is 21.3. The Labute approximate surface area is 173 Å². The van der Waals surface area contributed by atoms with Gasteiger partial charge in [0.25, 0.3) is 5.56 Å². The van der Waals surface area contributed by atoms with Gasteiger partial charge in [-0.3, -0.25) is 19.1 Å². The van der Waals surface area contributed by atoms with Crippen molar-refractivity contribution >= 4 is 17.4 Å². The van der Waals surface area contributed by atoms with Crippen molar-refractivity contribution in [2.75, 3.05) is 0 Å². The number of benzene rings is 1. The average Bonchev–Trinajstić information content (AvgIpc) is 2.62. The summed E-state index contributed by atoms with van der Waals surface area (Å²) in [7, 11) is 0. The monoisotopic (exact) mass is 411 g/mol. The molecule has 6 nitrogen and oxygen atoms in total. The topological polar surface area (TPSA) is 84.8 Å². The molecule has 0 radical (unpaired) electrons. The summed E-state index contributed by atoms with van der Waals surface area (Å²) in [6, 6.07) is 8.82. The first kappa shape index (κ1) is 20.7. The van der Waals surface area contributed by atoms with E-state index in [0.717, 1.165) is 11.1 Å². The molecule has 0 saturated heterocycles. The molecule has 3 aromatic rings. The minimum Gasteiger partial charge on any atom is -0.287 e. The van der Waals surface area contributed by atoms with Crippen LogP contribution in [0.15, 0.2) is 46.1 Å². The summed E-state index contributed by atoms with van der Waals surface area (Å²) < 4.78 is 1.31. The second-order valence-corrected chi connectivity index (χ2v) is 7.84. The fourth-order valence-electron chi connectivity index (χ4n) is 3.48. The molecule has 7 heteroatoms. The molecule has 0 spiro atoms. The summed E-state index contributed by atoms with van der Waals surface area (Å²) >= 11 is 5.97. The molecule has 0 aliphatic heterocycles. The van der Waals surface area contributed by atoms with Crippen molar-refractivity contribution in [3.63, 3.8) is 0 Å². The molecule has 2 heterocycles. The number of nitrogens with zero attached hydrogens (tertiary/aromatic N) is 2. The van der Waals surface area contributed by atoms with Crippen LogP contribution in [0.4, 0.5) is 0 Å². The first-order valence-corrected chi connectivity index (χ1v) is 9.65. The molecule has 0 aliphatic rings. The molecular weight excluding hydrogens is 390 g/mol. The maximum atomic E-state index is 13.5. The molecule has 1 aromatic carbocycles. The van der Waals surface area contributed by atoms with E-state index in [0.29, 0.717) is 11.1 Å². The summed E-state index contributed by atoms with van der Waals surface area (Å²) in [6.45, 7) is 7.53. The van der Waals surface area contributed by atoms with E-state index in [2.05, 4.69) is 9.97 Å². The van der Waals surface area contributed by atoms with Crippen LogP contribution in [0, 0.1) is 13.8 Å². The minimum atomic E-state index is -0.639. The number of carbonyl (C=O) groups is 1. The number of halogens is 1. The van der Waals surface area contributed by atoms with E-state index in [1.165, 1.54) is 10.8 Å². The number of carbonyl (C=O) groups excluding carboxylic acids is 1. The predicted octanol–water partition coefficient (Wildman–Crippen LogP) is 3.60. The highest BCUT2D eigenvalue weighted by atomic mass is 35.5. The van der Waals surface area contributed by atoms with Crippen LogP contribution in [0.1, 0.15) is 58.1 Å². The molecule has 0 atom stereocenters. The third-order valence-corrected chi connectivity index (χ3v) is 4.85. The van der Waals surface area contributed by atoms with E-state index in [1.54, 1.807) is 24.3 Å². The minimum absolute atomic E-state index is 0.0868. The van der Waals surface area contributed by atoms with Crippen LogP contribution in [-0.4, -0.2) is 20.3 Å². The highest BCUT2D eigenvalue weighted by Crippen LogP contribution is 2.21. The molecule has 0 bridgehead atoms. The lowest BCUT2D eigenvalue weighted by Crippen LogP contribution is -2.38. The van der Waals surface area contributed by atoms with Crippen LogP contribution in [0.3, 0.4) is 0 Å². The molecule has 0 amide bonds. The van der Waals surface area contributed by atoms with Gasteiger partial charge in [-0.15, -0.1) is 0 Å². The van der Waals surface area contributed by atoms with Crippen LogP contribution in [0.5, 0.6) is 0 Å². The van der Waals surface area contributed by atoms with Crippen molar-refractivity contribution in [3.05, 3.63) is 96.0 Å². The molecule has 150 valence electrons. The number of aryl methyl sites for hydroxylation is 2. The lowest BCUT2D eigenvalue weighted by molar-refractivity contribution is 0.102. The third-order valence-electron chi connectivity index (χ3n) is 4.64. The van der Waals surface area contributed by atoms with E-state index in [4.69, 9.17) is 11.6 Å². The number of rotatable bonds is 5. The third kappa shape index (κ3) is 4.38. The quantitative estimate of drug-likeness (QED) is 0.513. The lowest BCUT2D eigenvalue weighted by Gasteiger charge is -2.18. The zero-order valence-electron chi connectivity index (χ0n) is 16.7. The van der Waals surface area contributed by atoms with Crippen LogP contribution >= 0.6 is 11.6 Å². The van der Waals surface area contributed by atoms with E-state index in [1.807, 2.05) is 33.8 Å². The van der Waals surface area contributed by atoms with Gasteiger partial charge < -0.3 is 0 Å². The molecule has 0 fully saturated rings. The number of aromatic nitrogens is 3. The smallest absolute Gasteiger partial charge is 0.287 e. The second-order valence-electron chi connectivity index (χ2n) is 7.45. The molecule has 3 rings (SSSR count). The van der Waals surface area contributed by atoms with Gasteiger partial charge in [-0.05, 0) is 49.6 Å². The lowest BCUT2D eigenvalue weighted by atomic mass is 9.95. The van der Waals surface area contributed by atoms with Gasteiger partial charge in [0.2, 0.25) is 5.78 Å². The van der Waals surface area contributed by atoms with Gasteiger partial charge in [-0.2, -0.15) is 0 Å². The van der Waals surface area contributed by atoms with Gasteiger partial charge in [0.15, 0.2) is 0 Å². The Bertz CT molecular complexity index is 1190. The summed E-state index contributed by atoms with van der Waals surface area (Å²) in [5.74, 6) is -0.611. The Hall–Kier alpha value is -2.99. The Morgan fingerprint density at radius 1 is 1.14 bits per heavy atom. The second kappa shape index (κ2) is 8.17. The number of ketones is 1. The van der Waals surface area contributed by atoms with E-state index in [9.17, 15) is 14.4 Å². The van der Waals surface area contributed by atoms with E-state index >= 15 is 0 Å². The highest BCUT2D eigenvalue weighted by Gasteiger charge is 2.25. The van der Waals surface area contributed by atoms with Gasteiger partial charge in [0, 0.05) is 17.3 Å². The summed E-state index contributed by atoms with van der Waals surface area (Å²) in [6.07, 6.45) is 1.53. The van der Waals surface area contributed by atoms with E-state index < -0.39 is 11.2 Å². The Morgan fingerprint density at radius 2 is 1.79 bits per heavy atom. The van der Waals surface area contributed by atoms with Gasteiger partial charge in [0.05, 0.1) is 6.54 Å². The molecule has 29 heavy (non-hydrogen) atoms. The van der Waals surface area contributed by atoms with Crippen molar-refractivity contribution in [3.8, 4) is 0 Å². The molecule has 0 aliphatic carbocycles. The number of pyridine rings is 1. The Balaban J connectivity index is 2.28. The molecule has 0 unspecified atom stereocenters. The van der Waals surface area contributed by atoms with Crippen molar-refractivity contribution in [1.82, 2.24) is 14.5 Å². The summed E-state index contributed by atoms with van der Waals surface area (Å²) in [4.78, 5) is 45.1. The van der Waals surface area contributed by atoms with Gasteiger partial charge in [0.1, 0.15) is 10.8 Å². The number of hydrogen-bond donors (Lipinski definition) is 1. The molecule has 0 saturated carbocycles. The summed E-state index contributed by atoms with van der Waals surface area (Å²) in [5, 5.41) is 0.284. The zero-order valence-corrected chi connectivity index (χ0v) is 17.5. The van der Waals surface area contributed by atoms with E-state index in [-0.39, 0.29) is 34.7 Å². The molecule has 1 N–H and O–H groups in total. The SMILES string of the molecule is Cc1cc(C)cc(C(=O)c2c(C(C)C)c(=O)[nH]c(=O)n2Cc2ccnc(Cl)c2)c1. The average molecular weight is 412 g/mol. The van der Waals surface area contributed by atoms with Crippen molar-refractivity contribution in [1.29, 1.82) is 0 Å². The van der Waals surface area contributed by atoms with Crippen molar-refractivity contribution in [2.45, 2.75) is 40.2 Å². The standard InChI is InChI=1S/C22H22ClN3O3/c1-12(2)18-19(20(27)16-8-13(3)7-14(4)9-16)26(22(29)25-21(18)28)11-15-5-6-24-17(23)10-15/h5-10,12H,11H2,1-4H3,(H,25,28,29). The Kier molecular flexibility index (Phi) is 5.84. The number of aromatic amines is 1. The fourth-order valence-corrected chi connectivity index (χ4v) is 3.68. The van der Waals surface area contributed by atoms with Gasteiger partial charge in [-0.1, -0.05) is 42.6 Å². The number of nitrogens with one attached hydrogen (secondary N) is 1. The van der Waals surface area contributed by atoms with Crippen LogP contribution < -0.4 is 11.2 Å². The highest BCUT2D eigenvalue weighted by molar-refractivity contribution is 6.29. The first-order chi connectivity index (χ1) is 13.7. The predicted molar refractivity (Wildman–Crippen MR) is 113 cm³/mol. The van der Waals surface area contributed by atoms with Crippen LogP contribution in [0.25, 0.3) is 0 Å². The maximum Gasteiger partial charge on any atom is 0.329 e. The van der Waals surface area contributed by atoms with Crippen LogP contribution in [-0.2, 0) is 6.54 Å². The first-order valence-electron chi connectivity index (χ1n) is 9.27. The molecule has 2 aromatic heterocycles. The van der Waals surface area contributed by atoms with Crippen molar-refractivity contribution < 1.29 is 4.79 Å². The van der Waals surface area contributed by atoms with Crippen molar-refractivity contribution in [2.24, 2.45) is 0 Å². The maximum absolute atomic E-state index is 13.5.